The first-order valence-corrected chi connectivity index (χ1v) is 7.30. The van der Waals surface area contributed by atoms with Crippen LogP contribution in [-0.4, -0.2) is 5.91 Å². The highest BCUT2D eigenvalue weighted by atomic mass is 16.1. The van der Waals surface area contributed by atoms with Gasteiger partial charge < -0.3 is 5.32 Å². The molecule has 0 aromatic heterocycles. The largest absolute Gasteiger partial charge is 0.343 e. The lowest BCUT2D eigenvalue weighted by Crippen LogP contribution is -2.41. The molecule has 2 nitrogen and oxygen atoms in total. The molecule has 3 aliphatic rings. The Balaban J connectivity index is 1.55. The molecule has 3 aliphatic carbocycles. The lowest BCUT2D eigenvalue weighted by molar-refractivity contribution is -0.118. The van der Waals surface area contributed by atoms with Crippen molar-refractivity contribution < 1.29 is 4.79 Å². The van der Waals surface area contributed by atoms with Gasteiger partial charge in [0.05, 0.1) is 5.54 Å². The van der Waals surface area contributed by atoms with E-state index in [0.717, 1.165) is 16.7 Å². The molecular weight excluding hydrogens is 258 g/mol. The van der Waals surface area contributed by atoms with E-state index in [1.807, 2.05) is 50.3 Å². The lowest BCUT2D eigenvalue weighted by Gasteiger charge is -2.27. The Morgan fingerprint density at radius 1 is 1.14 bits per heavy atom. The molecule has 1 unspecified atom stereocenters. The minimum absolute atomic E-state index is 0.00301. The smallest absolute Gasteiger partial charge is 0.252 e. The summed E-state index contributed by atoms with van der Waals surface area (Å²) in [5.74, 6) is 0.493. The monoisotopic (exact) mass is 275 g/mol. The van der Waals surface area contributed by atoms with Crippen LogP contribution in [0.1, 0.15) is 19.4 Å². The van der Waals surface area contributed by atoms with E-state index in [0.29, 0.717) is 5.92 Å². The Morgan fingerprint density at radius 3 is 2.67 bits per heavy atom. The predicted molar refractivity (Wildman–Crippen MR) is 83.4 cm³/mol. The zero-order valence-electron chi connectivity index (χ0n) is 12.2. The molecule has 1 N–H and O–H groups in total. The normalized spacial score (nSPS) is 21.7. The predicted octanol–water partition coefficient (Wildman–Crippen LogP) is 3.40. The van der Waals surface area contributed by atoms with Gasteiger partial charge in [-0.1, -0.05) is 42.5 Å². The minimum Gasteiger partial charge on any atom is -0.343 e. The molecule has 0 spiro atoms. The van der Waals surface area contributed by atoms with Gasteiger partial charge in [-0.2, -0.15) is 0 Å². The van der Waals surface area contributed by atoms with Crippen LogP contribution < -0.4 is 5.32 Å². The van der Waals surface area contributed by atoms with Crippen LogP contribution in [0, 0.1) is 5.92 Å². The molecule has 0 saturated carbocycles. The van der Waals surface area contributed by atoms with Crippen LogP contribution >= 0.6 is 0 Å². The summed E-state index contributed by atoms with van der Waals surface area (Å²) >= 11 is 0. The van der Waals surface area contributed by atoms with Crippen molar-refractivity contribution in [3.8, 4) is 0 Å². The third kappa shape index (κ3) is 1.90. The number of hydrogen-bond donors (Lipinski definition) is 1. The molecule has 104 valence electrons. The Labute approximate surface area is 124 Å². The Kier molecular flexibility index (Phi) is 2.41. The number of benzene rings is 1. The Hall–Kier alpha value is -2.35. The maximum atomic E-state index is 12.6. The molecule has 21 heavy (non-hydrogen) atoms. The molecular formula is C19H17NO. The van der Waals surface area contributed by atoms with Gasteiger partial charge in [-0.3, -0.25) is 4.79 Å². The molecule has 0 heterocycles. The number of rotatable bonds is 3. The van der Waals surface area contributed by atoms with E-state index in [1.54, 1.807) is 0 Å². The van der Waals surface area contributed by atoms with E-state index in [9.17, 15) is 4.79 Å². The van der Waals surface area contributed by atoms with Crippen molar-refractivity contribution in [2.45, 2.75) is 19.4 Å². The second-order valence-corrected chi connectivity index (χ2v) is 6.35. The van der Waals surface area contributed by atoms with Gasteiger partial charge in [-0.05, 0) is 48.3 Å². The van der Waals surface area contributed by atoms with Crippen LogP contribution in [0.25, 0.3) is 0 Å². The molecule has 4 rings (SSSR count). The van der Waals surface area contributed by atoms with Crippen LogP contribution in [0.5, 0.6) is 0 Å². The zero-order chi connectivity index (χ0) is 14.6. The van der Waals surface area contributed by atoms with Crippen molar-refractivity contribution in [3.63, 3.8) is 0 Å². The van der Waals surface area contributed by atoms with E-state index < -0.39 is 0 Å². The van der Waals surface area contributed by atoms with E-state index in [2.05, 4.69) is 23.5 Å². The highest BCUT2D eigenvalue weighted by Crippen LogP contribution is 2.51. The van der Waals surface area contributed by atoms with Crippen molar-refractivity contribution in [2.24, 2.45) is 5.92 Å². The van der Waals surface area contributed by atoms with Crippen LogP contribution in [0.2, 0.25) is 0 Å². The molecule has 1 amide bonds. The van der Waals surface area contributed by atoms with E-state index in [4.69, 9.17) is 0 Å². The number of nitrogens with one attached hydrogen (secondary N) is 1. The van der Waals surface area contributed by atoms with Gasteiger partial charge in [0.15, 0.2) is 0 Å². The van der Waals surface area contributed by atoms with Crippen molar-refractivity contribution in [1.29, 1.82) is 0 Å². The maximum Gasteiger partial charge on any atom is 0.252 e. The van der Waals surface area contributed by atoms with Crippen molar-refractivity contribution in [3.05, 3.63) is 82.5 Å². The summed E-state index contributed by atoms with van der Waals surface area (Å²) in [6.45, 7) is 4.07. The summed E-state index contributed by atoms with van der Waals surface area (Å²) < 4.78 is 0. The number of hydrogen-bond acceptors (Lipinski definition) is 1. The van der Waals surface area contributed by atoms with Gasteiger partial charge in [0.2, 0.25) is 0 Å². The molecule has 0 radical (unpaired) electrons. The molecule has 0 aliphatic heterocycles. The third-order valence-corrected chi connectivity index (χ3v) is 4.45. The maximum absolute atomic E-state index is 12.6. The van der Waals surface area contributed by atoms with Crippen molar-refractivity contribution >= 4 is 5.91 Å². The molecule has 0 fully saturated rings. The first-order chi connectivity index (χ1) is 10.1. The lowest BCUT2D eigenvalue weighted by atomic mass is 9.93. The standard InChI is InChI=1S/C19H17NO/c1-19(2,13-6-4-3-5-7-13)20-18(21)15-9-8-14-16-10-12(16)11-17(14)15/h3-11,16H,1-2H3,(H,20,21). The SMILES string of the molecule is CC(C)(NC(=O)C1=CC=C2C1=CC1=CC12)c1ccccc1. The quantitative estimate of drug-likeness (QED) is 0.900. The summed E-state index contributed by atoms with van der Waals surface area (Å²) in [6.07, 6.45) is 8.40. The highest BCUT2D eigenvalue weighted by molar-refractivity contribution is 6.02. The second-order valence-electron chi connectivity index (χ2n) is 6.35. The van der Waals surface area contributed by atoms with Gasteiger partial charge in [-0.25, -0.2) is 0 Å². The van der Waals surface area contributed by atoms with E-state index >= 15 is 0 Å². The van der Waals surface area contributed by atoms with Gasteiger partial charge in [-0.15, -0.1) is 0 Å². The molecule has 1 atom stereocenters. The first-order valence-electron chi connectivity index (χ1n) is 7.30. The molecule has 0 saturated heterocycles. The summed E-state index contributed by atoms with van der Waals surface area (Å²) in [6, 6.07) is 10.1. The van der Waals surface area contributed by atoms with Gasteiger partial charge >= 0.3 is 0 Å². The average molecular weight is 275 g/mol. The minimum atomic E-state index is -0.386. The van der Waals surface area contributed by atoms with E-state index in [1.165, 1.54) is 11.1 Å². The number of carbonyl (C=O) groups is 1. The highest BCUT2D eigenvalue weighted by Gasteiger charge is 2.40. The number of amides is 1. The van der Waals surface area contributed by atoms with Gasteiger partial charge in [0, 0.05) is 11.5 Å². The molecule has 1 aromatic rings. The summed E-state index contributed by atoms with van der Waals surface area (Å²) in [5.41, 5.74) is 5.27. The molecule has 2 heteroatoms. The summed E-state index contributed by atoms with van der Waals surface area (Å²) in [7, 11) is 0. The van der Waals surface area contributed by atoms with Crippen LogP contribution in [-0.2, 0) is 10.3 Å². The number of allylic oxidation sites excluding steroid dienone is 6. The fraction of sp³-hybridized carbons (Fsp3) is 0.211. The number of carbonyl (C=O) groups excluding carboxylic acids is 1. The van der Waals surface area contributed by atoms with Crippen LogP contribution in [0.4, 0.5) is 0 Å². The first kappa shape index (κ1) is 12.4. The summed E-state index contributed by atoms with van der Waals surface area (Å²) in [5, 5.41) is 3.16. The van der Waals surface area contributed by atoms with Crippen molar-refractivity contribution in [2.75, 3.05) is 0 Å². The van der Waals surface area contributed by atoms with Crippen LogP contribution in [0.15, 0.2) is 76.9 Å². The second kappa shape index (κ2) is 4.08. The number of fused-ring (bicyclic) bond motifs is 3. The topological polar surface area (TPSA) is 29.1 Å². The van der Waals surface area contributed by atoms with Crippen molar-refractivity contribution in [1.82, 2.24) is 5.32 Å². The van der Waals surface area contributed by atoms with E-state index in [-0.39, 0.29) is 11.4 Å². The molecule has 1 aromatic carbocycles. The average Bonchev–Trinajstić information content (AvgIpc) is 2.94. The van der Waals surface area contributed by atoms with Gasteiger partial charge in [0.1, 0.15) is 0 Å². The Bertz CT molecular complexity index is 760. The molecule has 0 bridgehead atoms. The fourth-order valence-electron chi connectivity index (χ4n) is 3.13. The summed E-state index contributed by atoms with van der Waals surface area (Å²) in [4.78, 5) is 12.6. The Morgan fingerprint density at radius 2 is 1.90 bits per heavy atom. The third-order valence-electron chi connectivity index (χ3n) is 4.45. The zero-order valence-corrected chi connectivity index (χ0v) is 12.2. The fourth-order valence-corrected chi connectivity index (χ4v) is 3.13. The van der Waals surface area contributed by atoms with Gasteiger partial charge in [0.25, 0.3) is 5.91 Å². The van der Waals surface area contributed by atoms with Crippen LogP contribution in [0.3, 0.4) is 0 Å².